The van der Waals surface area contributed by atoms with Crippen LogP contribution in [0.2, 0.25) is 0 Å². The molecule has 10 heteroatoms. The van der Waals surface area contributed by atoms with Gasteiger partial charge in [0.2, 0.25) is 5.95 Å². The van der Waals surface area contributed by atoms with Crippen LogP contribution in [0.3, 0.4) is 0 Å². The fourth-order valence-electron chi connectivity index (χ4n) is 2.86. The predicted octanol–water partition coefficient (Wildman–Crippen LogP) is 2.35. The monoisotopic (exact) mass is 396 g/mol. The van der Waals surface area contributed by atoms with Crippen molar-refractivity contribution in [1.29, 1.82) is 0 Å². The maximum absolute atomic E-state index is 12.7. The number of rotatable bonds is 4. The van der Waals surface area contributed by atoms with Crippen molar-refractivity contribution in [2.75, 3.05) is 12.4 Å². The molecule has 1 amide bonds. The average Bonchev–Trinajstić information content (AvgIpc) is 3.29. The van der Waals surface area contributed by atoms with Gasteiger partial charge in [0.25, 0.3) is 11.5 Å². The van der Waals surface area contributed by atoms with Crippen molar-refractivity contribution in [3.63, 3.8) is 0 Å². The highest BCUT2D eigenvalue weighted by atomic mass is 32.1. The van der Waals surface area contributed by atoms with Crippen LogP contribution >= 0.6 is 11.3 Å². The number of benzene rings is 1. The SMILES string of the molecule is COc1ccccc1-c1nc(NC(=O)c2sc3ncn(C)c(=O)c3c2C)n[nH]1. The molecule has 0 saturated heterocycles. The summed E-state index contributed by atoms with van der Waals surface area (Å²) in [6, 6.07) is 7.35. The van der Waals surface area contributed by atoms with Crippen molar-refractivity contribution in [3.05, 3.63) is 51.4 Å². The maximum atomic E-state index is 12.7. The smallest absolute Gasteiger partial charge is 0.268 e. The zero-order valence-electron chi connectivity index (χ0n) is 15.3. The number of H-pyrrole nitrogens is 1. The second-order valence-corrected chi connectivity index (χ2v) is 7.06. The van der Waals surface area contributed by atoms with Gasteiger partial charge in [0.1, 0.15) is 10.6 Å². The second-order valence-electron chi connectivity index (χ2n) is 6.06. The Hall–Kier alpha value is -3.53. The fraction of sp³-hybridized carbons (Fsp3) is 0.167. The summed E-state index contributed by atoms with van der Waals surface area (Å²) >= 11 is 1.16. The number of aromatic nitrogens is 5. The molecule has 0 spiro atoms. The zero-order chi connectivity index (χ0) is 19.8. The Labute approximate surface area is 163 Å². The van der Waals surface area contributed by atoms with Crippen LogP contribution in [0.4, 0.5) is 5.95 Å². The van der Waals surface area contributed by atoms with Gasteiger partial charge in [0.05, 0.1) is 29.3 Å². The minimum absolute atomic E-state index is 0.128. The first-order valence-electron chi connectivity index (χ1n) is 8.31. The van der Waals surface area contributed by atoms with Gasteiger partial charge in [-0.25, -0.2) is 4.98 Å². The number of aryl methyl sites for hydroxylation is 2. The lowest BCUT2D eigenvalue weighted by atomic mass is 10.2. The molecule has 142 valence electrons. The molecule has 3 aromatic heterocycles. The van der Waals surface area contributed by atoms with Crippen LogP contribution in [0.5, 0.6) is 5.75 Å². The predicted molar refractivity (Wildman–Crippen MR) is 106 cm³/mol. The molecule has 0 aliphatic rings. The van der Waals surface area contributed by atoms with Crippen molar-refractivity contribution in [3.8, 4) is 17.1 Å². The Morgan fingerprint density at radius 1 is 1.32 bits per heavy atom. The zero-order valence-corrected chi connectivity index (χ0v) is 16.1. The molecular formula is C18H16N6O3S. The number of nitrogens with one attached hydrogen (secondary N) is 2. The quantitative estimate of drug-likeness (QED) is 0.547. The Morgan fingerprint density at radius 3 is 2.89 bits per heavy atom. The van der Waals surface area contributed by atoms with E-state index in [4.69, 9.17) is 4.74 Å². The van der Waals surface area contributed by atoms with E-state index in [1.165, 1.54) is 10.9 Å². The molecule has 1 aromatic carbocycles. The highest BCUT2D eigenvalue weighted by molar-refractivity contribution is 7.20. The summed E-state index contributed by atoms with van der Waals surface area (Å²) < 4.78 is 6.71. The van der Waals surface area contributed by atoms with Crippen LogP contribution in [-0.2, 0) is 7.05 Å². The highest BCUT2D eigenvalue weighted by Crippen LogP contribution is 2.29. The molecule has 0 unspecified atom stereocenters. The highest BCUT2D eigenvalue weighted by Gasteiger charge is 2.20. The first-order valence-corrected chi connectivity index (χ1v) is 9.13. The number of anilines is 1. The van der Waals surface area contributed by atoms with E-state index >= 15 is 0 Å². The minimum Gasteiger partial charge on any atom is -0.496 e. The van der Waals surface area contributed by atoms with Gasteiger partial charge in [0.15, 0.2) is 5.82 Å². The van der Waals surface area contributed by atoms with E-state index in [2.05, 4.69) is 25.5 Å². The first-order chi connectivity index (χ1) is 13.5. The molecule has 0 bridgehead atoms. The van der Waals surface area contributed by atoms with E-state index in [-0.39, 0.29) is 11.5 Å². The summed E-state index contributed by atoms with van der Waals surface area (Å²) in [6.07, 6.45) is 1.44. The van der Waals surface area contributed by atoms with E-state index in [1.54, 1.807) is 21.1 Å². The topological polar surface area (TPSA) is 115 Å². The van der Waals surface area contributed by atoms with Gasteiger partial charge in [-0.1, -0.05) is 12.1 Å². The van der Waals surface area contributed by atoms with Crippen LogP contribution in [0.25, 0.3) is 21.6 Å². The number of amides is 1. The van der Waals surface area contributed by atoms with Gasteiger partial charge in [-0.15, -0.1) is 16.4 Å². The van der Waals surface area contributed by atoms with Crippen molar-refractivity contribution >= 4 is 33.4 Å². The number of thiophene rings is 1. The molecule has 0 atom stereocenters. The third-order valence-corrected chi connectivity index (χ3v) is 5.49. The summed E-state index contributed by atoms with van der Waals surface area (Å²) in [5.74, 6) is 0.840. The third-order valence-electron chi connectivity index (χ3n) is 4.29. The van der Waals surface area contributed by atoms with Gasteiger partial charge < -0.3 is 9.30 Å². The summed E-state index contributed by atoms with van der Waals surface area (Å²) in [6.45, 7) is 1.73. The second kappa shape index (κ2) is 6.89. The lowest BCUT2D eigenvalue weighted by Gasteiger charge is -2.04. The molecule has 9 nitrogen and oxygen atoms in total. The number of aromatic amines is 1. The number of nitrogens with zero attached hydrogens (tertiary/aromatic N) is 4. The van der Waals surface area contributed by atoms with Gasteiger partial charge in [-0.3, -0.25) is 20.0 Å². The number of hydrogen-bond donors (Lipinski definition) is 2. The molecule has 3 heterocycles. The van der Waals surface area contributed by atoms with Gasteiger partial charge >= 0.3 is 0 Å². The fourth-order valence-corrected chi connectivity index (χ4v) is 3.90. The normalized spacial score (nSPS) is 11.0. The Morgan fingerprint density at radius 2 is 2.11 bits per heavy atom. The third kappa shape index (κ3) is 2.93. The largest absolute Gasteiger partial charge is 0.496 e. The number of ether oxygens (including phenoxy) is 1. The van der Waals surface area contributed by atoms with E-state index in [0.29, 0.717) is 32.2 Å². The Balaban J connectivity index is 1.64. The van der Waals surface area contributed by atoms with Crippen LogP contribution in [-0.4, -0.2) is 37.7 Å². The lowest BCUT2D eigenvalue weighted by molar-refractivity contribution is 0.102. The van der Waals surface area contributed by atoms with Crippen LogP contribution in [0.1, 0.15) is 15.2 Å². The van der Waals surface area contributed by atoms with Gasteiger partial charge in [-0.05, 0) is 24.6 Å². The number of hydrogen-bond acceptors (Lipinski definition) is 7. The average molecular weight is 396 g/mol. The molecule has 2 N–H and O–H groups in total. The van der Waals surface area contributed by atoms with Gasteiger partial charge in [-0.2, -0.15) is 4.98 Å². The van der Waals surface area contributed by atoms with Crippen LogP contribution < -0.4 is 15.6 Å². The van der Waals surface area contributed by atoms with Crippen LogP contribution in [0.15, 0.2) is 35.4 Å². The number of para-hydroxylation sites is 1. The molecular weight excluding hydrogens is 380 g/mol. The number of carbonyl (C=O) groups excluding carboxylic acids is 1. The van der Waals surface area contributed by atoms with Crippen LogP contribution in [0, 0.1) is 6.92 Å². The van der Waals surface area contributed by atoms with Crippen molar-refractivity contribution < 1.29 is 9.53 Å². The molecule has 0 fully saturated rings. The summed E-state index contributed by atoms with van der Waals surface area (Å²) in [4.78, 5) is 34.5. The first kappa shape index (κ1) is 17.9. The Bertz CT molecular complexity index is 1260. The number of methoxy groups -OCH3 is 1. The molecule has 28 heavy (non-hydrogen) atoms. The standard InChI is InChI=1S/C18H16N6O3S/c1-9-12-16(19-8-24(2)17(12)26)28-13(9)15(25)21-18-20-14(22-23-18)10-6-4-5-7-11(10)27-3/h4-8H,1-3H3,(H2,20,21,22,23,25). The molecule has 0 aliphatic carbocycles. The summed E-state index contributed by atoms with van der Waals surface area (Å²) in [5.41, 5.74) is 1.13. The van der Waals surface area contributed by atoms with Crippen molar-refractivity contribution in [2.24, 2.45) is 7.05 Å². The van der Waals surface area contributed by atoms with Crippen molar-refractivity contribution in [1.82, 2.24) is 24.7 Å². The number of fused-ring (bicyclic) bond motifs is 1. The summed E-state index contributed by atoms with van der Waals surface area (Å²) in [7, 11) is 3.19. The minimum atomic E-state index is -0.395. The van der Waals surface area contributed by atoms with Gasteiger partial charge in [0, 0.05) is 7.05 Å². The number of carbonyl (C=O) groups is 1. The van der Waals surface area contributed by atoms with E-state index < -0.39 is 5.91 Å². The molecule has 4 aromatic rings. The van der Waals surface area contributed by atoms with Crippen molar-refractivity contribution in [2.45, 2.75) is 6.92 Å². The molecule has 0 saturated carbocycles. The Kier molecular flexibility index (Phi) is 4.40. The van der Waals surface area contributed by atoms with E-state index in [0.717, 1.165) is 16.9 Å². The maximum Gasteiger partial charge on any atom is 0.268 e. The molecule has 4 rings (SSSR count). The van der Waals surface area contributed by atoms with E-state index in [9.17, 15) is 9.59 Å². The lowest BCUT2D eigenvalue weighted by Crippen LogP contribution is -2.17. The molecule has 0 radical (unpaired) electrons. The summed E-state index contributed by atoms with van der Waals surface area (Å²) in [5, 5.41) is 9.95. The molecule has 0 aliphatic heterocycles. The van der Waals surface area contributed by atoms with E-state index in [1.807, 2.05) is 24.3 Å².